The van der Waals surface area contributed by atoms with Gasteiger partial charge < -0.3 is 14.8 Å². The number of pyridine rings is 1. The Morgan fingerprint density at radius 2 is 1.92 bits per heavy atom. The Labute approximate surface area is 214 Å². The predicted octanol–water partition coefficient (Wildman–Crippen LogP) is 4.77. The number of aromatic amines is 1. The highest BCUT2D eigenvalue weighted by atomic mass is 19.1. The van der Waals surface area contributed by atoms with Crippen molar-refractivity contribution in [3.05, 3.63) is 88.2 Å². The first-order chi connectivity index (χ1) is 18.3. The normalized spacial score (nSPS) is 16.8. The van der Waals surface area contributed by atoms with E-state index in [1.54, 1.807) is 37.3 Å². The van der Waals surface area contributed by atoms with Crippen LogP contribution in [0.4, 0.5) is 14.5 Å². The molecule has 194 valence electrons. The number of aromatic nitrogens is 6. The van der Waals surface area contributed by atoms with Crippen LogP contribution in [0.25, 0.3) is 16.9 Å². The number of benzene rings is 2. The van der Waals surface area contributed by atoms with Crippen molar-refractivity contribution in [3.63, 3.8) is 0 Å². The van der Waals surface area contributed by atoms with E-state index in [-0.39, 0.29) is 17.5 Å². The molecule has 1 saturated heterocycles. The van der Waals surface area contributed by atoms with Gasteiger partial charge in [0.05, 0.1) is 5.69 Å². The highest BCUT2D eigenvalue weighted by molar-refractivity contribution is 5.78. The Balaban J connectivity index is 1.19. The SMILES string of the molecule is Cc1c(C2OC2Nc2ccc(Oc3ccnc4[nH]c(=O)n(C(C)C)c34)c(F)c2)nnn1-c1ccccc1F. The molecule has 4 heterocycles. The molecule has 6 rings (SSSR count). The minimum atomic E-state index is -0.604. The lowest BCUT2D eigenvalue weighted by atomic mass is 10.2. The first kappa shape index (κ1) is 23.8. The molecule has 1 fully saturated rings. The molecule has 1 aliphatic heterocycles. The number of para-hydroxylation sites is 1. The number of nitrogens with one attached hydrogen (secondary N) is 2. The maximum absolute atomic E-state index is 15.0. The zero-order valence-electron chi connectivity index (χ0n) is 20.6. The second-order valence-corrected chi connectivity index (χ2v) is 9.19. The average Bonchev–Trinajstić information content (AvgIpc) is 3.38. The summed E-state index contributed by atoms with van der Waals surface area (Å²) in [5.41, 5.74) is 2.48. The summed E-state index contributed by atoms with van der Waals surface area (Å²) in [7, 11) is 0. The van der Waals surface area contributed by atoms with Crippen LogP contribution in [0.3, 0.4) is 0 Å². The molecule has 5 aromatic rings. The molecule has 0 spiro atoms. The third-order valence-corrected chi connectivity index (χ3v) is 6.32. The number of epoxide rings is 1. The standard InChI is InChI=1S/C26H23F2N7O3/c1-13(2)34-22-20(10-11-29-24(22)31-26(34)36)37-19-9-8-15(12-17(19)28)30-25-23(38-25)21-14(3)35(33-32-21)18-7-5-4-6-16(18)27/h4-13,23,25,30H,1-3H3,(H,29,31,36). The van der Waals surface area contributed by atoms with Crippen molar-refractivity contribution in [2.24, 2.45) is 0 Å². The Hall–Kier alpha value is -4.58. The van der Waals surface area contributed by atoms with E-state index < -0.39 is 24.0 Å². The number of H-pyrrole nitrogens is 1. The molecule has 0 bridgehead atoms. The molecular weight excluding hydrogens is 496 g/mol. The van der Waals surface area contributed by atoms with Gasteiger partial charge in [-0.05, 0) is 45.0 Å². The van der Waals surface area contributed by atoms with Gasteiger partial charge in [-0.25, -0.2) is 23.2 Å². The third kappa shape index (κ3) is 4.08. The molecule has 0 radical (unpaired) electrons. The van der Waals surface area contributed by atoms with Gasteiger partial charge in [-0.3, -0.25) is 9.55 Å². The number of ether oxygens (including phenoxy) is 2. The van der Waals surface area contributed by atoms with Crippen LogP contribution in [0.15, 0.2) is 59.5 Å². The van der Waals surface area contributed by atoms with Crippen LogP contribution < -0.4 is 15.7 Å². The van der Waals surface area contributed by atoms with E-state index in [2.05, 4.69) is 25.6 Å². The van der Waals surface area contributed by atoms with Gasteiger partial charge in [0.2, 0.25) is 0 Å². The van der Waals surface area contributed by atoms with Crippen molar-refractivity contribution in [2.75, 3.05) is 5.32 Å². The summed E-state index contributed by atoms with van der Waals surface area (Å²) >= 11 is 0. The molecule has 3 aromatic heterocycles. The summed E-state index contributed by atoms with van der Waals surface area (Å²) in [6.45, 7) is 5.51. The van der Waals surface area contributed by atoms with Gasteiger partial charge in [-0.15, -0.1) is 5.10 Å². The zero-order chi connectivity index (χ0) is 26.6. The molecule has 2 aromatic carbocycles. The first-order valence-electron chi connectivity index (χ1n) is 12.0. The molecule has 0 amide bonds. The van der Waals surface area contributed by atoms with Gasteiger partial charge in [0.1, 0.15) is 22.7 Å². The molecule has 10 nitrogen and oxygen atoms in total. The fourth-order valence-corrected chi connectivity index (χ4v) is 4.44. The van der Waals surface area contributed by atoms with Crippen LogP contribution in [0.2, 0.25) is 0 Å². The summed E-state index contributed by atoms with van der Waals surface area (Å²) in [5, 5.41) is 11.3. The number of halogens is 2. The molecule has 0 saturated carbocycles. The molecular formula is C26H23F2N7O3. The summed E-state index contributed by atoms with van der Waals surface area (Å²) in [6.07, 6.45) is 0.618. The minimum Gasteiger partial charge on any atom is -0.452 e. The van der Waals surface area contributed by atoms with Crippen molar-refractivity contribution in [3.8, 4) is 17.2 Å². The van der Waals surface area contributed by atoms with Crippen molar-refractivity contribution >= 4 is 16.9 Å². The van der Waals surface area contributed by atoms with Crippen LogP contribution in [0.1, 0.15) is 37.4 Å². The van der Waals surface area contributed by atoms with Crippen LogP contribution in [0.5, 0.6) is 11.5 Å². The van der Waals surface area contributed by atoms with Crippen molar-refractivity contribution in [1.29, 1.82) is 0 Å². The van der Waals surface area contributed by atoms with Crippen molar-refractivity contribution < 1.29 is 18.3 Å². The Morgan fingerprint density at radius 1 is 1.11 bits per heavy atom. The number of nitrogens with zero attached hydrogens (tertiary/aromatic N) is 5. The average molecular weight is 520 g/mol. The van der Waals surface area contributed by atoms with Gasteiger partial charge in [0.15, 0.2) is 35.3 Å². The molecule has 2 N–H and O–H groups in total. The number of hydrogen-bond donors (Lipinski definition) is 2. The Morgan fingerprint density at radius 3 is 2.68 bits per heavy atom. The van der Waals surface area contributed by atoms with E-state index in [0.717, 1.165) is 0 Å². The number of rotatable bonds is 7. The summed E-state index contributed by atoms with van der Waals surface area (Å²) < 4.78 is 43.7. The van der Waals surface area contributed by atoms with E-state index >= 15 is 4.39 Å². The van der Waals surface area contributed by atoms with Gasteiger partial charge >= 0.3 is 5.69 Å². The minimum absolute atomic E-state index is 0.0102. The number of imidazole rings is 1. The quantitative estimate of drug-likeness (QED) is 0.298. The largest absolute Gasteiger partial charge is 0.452 e. The first-order valence-corrected chi connectivity index (χ1v) is 12.0. The fraction of sp³-hybridized carbons (Fsp3) is 0.231. The maximum atomic E-state index is 15.0. The van der Waals surface area contributed by atoms with Crippen LogP contribution in [-0.4, -0.2) is 35.8 Å². The van der Waals surface area contributed by atoms with E-state index in [9.17, 15) is 9.18 Å². The van der Waals surface area contributed by atoms with Crippen molar-refractivity contribution in [2.45, 2.75) is 39.1 Å². The highest BCUT2D eigenvalue weighted by Gasteiger charge is 2.44. The summed E-state index contributed by atoms with van der Waals surface area (Å²) in [5.74, 6) is -0.717. The molecule has 38 heavy (non-hydrogen) atoms. The van der Waals surface area contributed by atoms with Crippen LogP contribution in [-0.2, 0) is 4.74 Å². The lowest BCUT2D eigenvalue weighted by Gasteiger charge is -2.12. The number of anilines is 1. The van der Waals surface area contributed by atoms with Crippen LogP contribution in [0, 0.1) is 18.6 Å². The van der Waals surface area contributed by atoms with Gasteiger partial charge in [-0.2, -0.15) is 0 Å². The smallest absolute Gasteiger partial charge is 0.328 e. The zero-order valence-corrected chi connectivity index (χ0v) is 20.6. The summed E-state index contributed by atoms with van der Waals surface area (Å²) in [4.78, 5) is 19.2. The lowest BCUT2D eigenvalue weighted by molar-refractivity contribution is 0.382. The maximum Gasteiger partial charge on any atom is 0.328 e. The van der Waals surface area contributed by atoms with E-state index in [4.69, 9.17) is 9.47 Å². The summed E-state index contributed by atoms with van der Waals surface area (Å²) in [6, 6.07) is 12.2. The second-order valence-electron chi connectivity index (χ2n) is 9.19. The van der Waals surface area contributed by atoms with Gasteiger partial charge in [0, 0.05) is 30.1 Å². The predicted molar refractivity (Wildman–Crippen MR) is 135 cm³/mol. The van der Waals surface area contributed by atoms with E-state index in [1.165, 1.54) is 33.6 Å². The fourth-order valence-electron chi connectivity index (χ4n) is 4.44. The highest BCUT2D eigenvalue weighted by Crippen LogP contribution is 2.40. The number of hydrogen-bond acceptors (Lipinski definition) is 7. The van der Waals surface area contributed by atoms with E-state index in [1.807, 2.05) is 13.8 Å². The van der Waals surface area contributed by atoms with Gasteiger partial charge in [0.25, 0.3) is 0 Å². The Kier molecular flexibility index (Phi) is 5.68. The van der Waals surface area contributed by atoms with Crippen molar-refractivity contribution in [1.82, 2.24) is 29.5 Å². The monoisotopic (exact) mass is 519 g/mol. The molecule has 2 atom stereocenters. The molecule has 1 aliphatic rings. The third-order valence-electron chi connectivity index (χ3n) is 6.32. The van der Waals surface area contributed by atoms with Crippen LogP contribution >= 0.6 is 0 Å². The Bertz CT molecular complexity index is 1730. The number of fused-ring (bicyclic) bond motifs is 1. The topological polar surface area (TPSA) is 115 Å². The van der Waals surface area contributed by atoms with E-state index in [0.29, 0.717) is 39.7 Å². The molecule has 2 unspecified atom stereocenters. The van der Waals surface area contributed by atoms with Gasteiger partial charge in [-0.1, -0.05) is 17.3 Å². The molecule has 0 aliphatic carbocycles. The molecule has 12 heteroatoms. The second kappa shape index (κ2) is 9.06. The lowest BCUT2D eigenvalue weighted by Crippen LogP contribution is -2.18.